The van der Waals surface area contributed by atoms with Crippen molar-refractivity contribution in [3.05, 3.63) is 17.8 Å². The molecule has 1 fully saturated rings. The van der Waals surface area contributed by atoms with Gasteiger partial charge in [-0.1, -0.05) is 0 Å². The number of hydrogen-bond acceptors (Lipinski definition) is 5. The van der Waals surface area contributed by atoms with Gasteiger partial charge in [-0.05, 0) is 31.4 Å². The zero-order valence-electron chi connectivity index (χ0n) is 10.1. The predicted molar refractivity (Wildman–Crippen MR) is 66.9 cm³/mol. The zero-order chi connectivity index (χ0) is 12.3. The Hall–Kier alpha value is -1.33. The number of aliphatic hydroxyl groups excluding tert-OH is 1. The van der Waals surface area contributed by atoms with Crippen LogP contribution in [0.1, 0.15) is 18.4 Å². The third-order valence-electron chi connectivity index (χ3n) is 3.30. The molecule has 2 rings (SSSR count). The fourth-order valence-corrected chi connectivity index (χ4v) is 1.99. The Morgan fingerprint density at radius 2 is 2.24 bits per heavy atom. The van der Waals surface area contributed by atoms with Gasteiger partial charge < -0.3 is 20.9 Å². The summed E-state index contributed by atoms with van der Waals surface area (Å²) in [6.45, 7) is 3.36. The van der Waals surface area contributed by atoms with E-state index in [0.717, 1.165) is 24.2 Å². The second kappa shape index (κ2) is 4.89. The van der Waals surface area contributed by atoms with Gasteiger partial charge >= 0.3 is 0 Å². The average molecular weight is 237 g/mol. The van der Waals surface area contributed by atoms with E-state index in [-0.39, 0.29) is 12.1 Å². The van der Waals surface area contributed by atoms with Crippen LogP contribution in [-0.2, 0) is 4.74 Å². The number of nitrogens with two attached hydrogens (primary N) is 1. The first kappa shape index (κ1) is 12.1. The molecule has 0 bridgehead atoms. The summed E-state index contributed by atoms with van der Waals surface area (Å²) < 4.78 is 5.32. The number of hydrogen-bond donors (Lipinski definition) is 3. The van der Waals surface area contributed by atoms with E-state index in [2.05, 4.69) is 10.3 Å². The number of nitrogens with zero attached hydrogens (tertiary/aromatic N) is 1. The van der Waals surface area contributed by atoms with Crippen LogP contribution in [0.15, 0.2) is 12.3 Å². The Labute approximate surface area is 101 Å². The molecule has 0 atom stereocenters. The standard InChI is InChI=1S/C12H19N3O2/c1-9-6-11(14-7-10(9)13)15-12(8-16)2-4-17-5-3-12/h6-7,16H,2-5,8,13H2,1H3,(H,14,15). The molecule has 5 heteroatoms. The highest BCUT2D eigenvalue weighted by Crippen LogP contribution is 2.25. The number of nitrogens with one attached hydrogen (secondary N) is 1. The number of nitrogen functional groups attached to an aromatic ring is 1. The number of rotatable bonds is 3. The number of pyridine rings is 1. The van der Waals surface area contributed by atoms with Crippen LogP contribution in [0.2, 0.25) is 0 Å². The Bertz CT molecular complexity index is 389. The normalized spacial score (nSPS) is 18.9. The van der Waals surface area contributed by atoms with Gasteiger partial charge in [0.2, 0.25) is 0 Å². The molecule has 1 saturated heterocycles. The van der Waals surface area contributed by atoms with E-state index >= 15 is 0 Å². The van der Waals surface area contributed by atoms with Crippen molar-refractivity contribution < 1.29 is 9.84 Å². The molecule has 0 radical (unpaired) electrons. The van der Waals surface area contributed by atoms with Crippen LogP contribution < -0.4 is 11.1 Å². The van der Waals surface area contributed by atoms with E-state index < -0.39 is 0 Å². The Morgan fingerprint density at radius 1 is 1.53 bits per heavy atom. The highest BCUT2D eigenvalue weighted by atomic mass is 16.5. The summed E-state index contributed by atoms with van der Waals surface area (Å²) in [4.78, 5) is 4.24. The Kier molecular flexibility index (Phi) is 3.49. The van der Waals surface area contributed by atoms with Crippen LogP contribution >= 0.6 is 0 Å². The second-order valence-corrected chi connectivity index (χ2v) is 4.60. The van der Waals surface area contributed by atoms with Gasteiger partial charge in [0.1, 0.15) is 5.82 Å². The highest BCUT2D eigenvalue weighted by molar-refractivity contribution is 5.51. The molecule has 1 aliphatic heterocycles. The van der Waals surface area contributed by atoms with Gasteiger partial charge in [0.25, 0.3) is 0 Å². The maximum absolute atomic E-state index is 9.56. The van der Waals surface area contributed by atoms with Crippen molar-refractivity contribution in [1.82, 2.24) is 4.98 Å². The highest BCUT2D eigenvalue weighted by Gasteiger charge is 2.32. The van der Waals surface area contributed by atoms with Gasteiger partial charge in [-0.3, -0.25) is 0 Å². The van der Waals surface area contributed by atoms with E-state index in [4.69, 9.17) is 10.5 Å². The van der Waals surface area contributed by atoms with Gasteiger partial charge in [-0.25, -0.2) is 4.98 Å². The van der Waals surface area contributed by atoms with E-state index in [1.54, 1.807) is 6.20 Å². The number of ether oxygens (including phenoxy) is 1. The summed E-state index contributed by atoms with van der Waals surface area (Å²) in [5.41, 5.74) is 7.09. The monoisotopic (exact) mass is 237 g/mol. The van der Waals surface area contributed by atoms with Gasteiger partial charge in [0.15, 0.2) is 0 Å². The largest absolute Gasteiger partial charge is 0.397 e. The topological polar surface area (TPSA) is 80.4 Å². The van der Waals surface area contributed by atoms with Gasteiger partial charge in [0.05, 0.1) is 24.0 Å². The Balaban J connectivity index is 2.14. The van der Waals surface area contributed by atoms with Crippen LogP contribution in [0, 0.1) is 6.92 Å². The van der Waals surface area contributed by atoms with E-state index in [9.17, 15) is 5.11 Å². The maximum Gasteiger partial charge on any atom is 0.126 e. The smallest absolute Gasteiger partial charge is 0.126 e. The number of aryl methyl sites for hydroxylation is 1. The van der Waals surface area contributed by atoms with Crippen LogP contribution in [0.25, 0.3) is 0 Å². The minimum absolute atomic E-state index is 0.0848. The van der Waals surface area contributed by atoms with Crippen LogP contribution in [0.4, 0.5) is 11.5 Å². The third-order valence-corrected chi connectivity index (χ3v) is 3.30. The number of anilines is 2. The lowest BCUT2D eigenvalue weighted by Gasteiger charge is -2.36. The maximum atomic E-state index is 9.56. The SMILES string of the molecule is Cc1cc(NC2(CO)CCOCC2)ncc1N. The molecule has 0 aromatic carbocycles. The molecule has 1 aromatic rings. The molecule has 4 N–H and O–H groups in total. The van der Waals surface area contributed by atoms with Gasteiger partial charge in [0, 0.05) is 13.2 Å². The quantitative estimate of drug-likeness (QED) is 0.728. The molecular formula is C12H19N3O2. The minimum Gasteiger partial charge on any atom is -0.397 e. The Morgan fingerprint density at radius 3 is 2.82 bits per heavy atom. The predicted octanol–water partition coefficient (Wildman–Crippen LogP) is 0.926. The molecule has 0 amide bonds. The van der Waals surface area contributed by atoms with Crippen molar-refractivity contribution >= 4 is 11.5 Å². The van der Waals surface area contributed by atoms with Crippen LogP contribution in [0.3, 0.4) is 0 Å². The average Bonchev–Trinajstić information content (AvgIpc) is 2.35. The number of aliphatic hydroxyl groups is 1. The summed E-state index contributed by atoms with van der Waals surface area (Å²) in [7, 11) is 0. The van der Waals surface area contributed by atoms with Crippen molar-refractivity contribution in [1.29, 1.82) is 0 Å². The van der Waals surface area contributed by atoms with Crippen molar-refractivity contribution in [2.75, 3.05) is 30.9 Å². The molecule has 0 unspecified atom stereocenters. The molecule has 1 aliphatic rings. The van der Waals surface area contributed by atoms with Crippen molar-refractivity contribution in [3.8, 4) is 0 Å². The third kappa shape index (κ3) is 2.68. The fourth-order valence-electron chi connectivity index (χ4n) is 1.99. The summed E-state index contributed by atoms with van der Waals surface area (Å²) in [5, 5.41) is 12.9. The molecule has 17 heavy (non-hydrogen) atoms. The molecule has 94 valence electrons. The van der Waals surface area contributed by atoms with Gasteiger partial charge in [-0.2, -0.15) is 0 Å². The molecule has 0 saturated carbocycles. The molecular weight excluding hydrogens is 218 g/mol. The van der Waals surface area contributed by atoms with Crippen LogP contribution in [0.5, 0.6) is 0 Å². The zero-order valence-corrected chi connectivity index (χ0v) is 10.1. The van der Waals surface area contributed by atoms with Crippen LogP contribution in [-0.4, -0.2) is 35.5 Å². The first-order valence-corrected chi connectivity index (χ1v) is 5.84. The molecule has 0 aliphatic carbocycles. The second-order valence-electron chi connectivity index (χ2n) is 4.60. The fraction of sp³-hybridized carbons (Fsp3) is 0.583. The molecule has 2 heterocycles. The summed E-state index contributed by atoms with van der Waals surface area (Å²) in [5.74, 6) is 0.757. The molecule has 0 spiro atoms. The summed E-state index contributed by atoms with van der Waals surface area (Å²) in [6, 6.07) is 1.90. The minimum atomic E-state index is -0.312. The van der Waals surface area contributed by atoms with Gasteiger partial charge in [-0.15, -0.1) is 0 Å². The van der Waals surface area contributed by atoms with E-state index in [1.165, 1.54) is 0 Å². The lowest BCUT2D eigenvalue weighted by Crippen LogP contribution is -2.47. The van der Waals surface area contributed by atoms with E-state index in [0.29, 0.717) is 18.9 Å². The molecule has 5 nitrogen and oxygen atoms in total. The lowest BCUT2D eigenvalue weighted by molar-refractivity contribution is 0.0378. The van der Waals surface area contributed by atoms with E-state index in [1.807, 2.05) is 13.0 Å². The summed E-state index contributed by atoms with van der Waals surface area (Å²) in [6.07, 6.45) is 3.21. The van der Waals surface area contributed by atoms with Crippen molar-refractivity contribution in [3.63, 3.8) is 0 Å². The summed E-state index contributed by atoms with van der Waals surface area (Å²) >= 11 is 0. The number of aromatic nitrogens is 1. The first-order chi connectivity index (χ1) is 8.15. The van der Waals surface area contributed by atoms with Crippen molar-refractivity contribution in [2.45, 2.75) is 25.3 Å². The lowest BCUT2D eigenvalue weighted by atomic mass is 9.91. The molecule has 1 aromatic heterocycles. The van der Waals surface area contributed by atoms with Crippen molar-refractivity contribution in [2.24, 2.45) is 0 Å². The first-order valence-electron chi connectivity index (χ1n) is 5.84.